The fourth-order valence-electron chi connectivity index (χ4n) is 2.29. The quantitative estimate of drug-likeness (QED) is 0.836. The molecule has 0 unspecified atom stereocenters. The van der Waals surface area contributed by atoms with E-state index in [2.05, 4.69) is 10.6 Å². The number of hydrogen-bond donors (Lipinski definition) is 2. The van der Waals surface area contributed by atoms with E-state index in [1.807, 2.05) is 13.8 Å². The second-order valence-corrected chi connectivity index (χ2v) is 6.38. The summed E-state index contributed by atoms with van der Waals surface area (Å²) in [5.74, 6) is -0.145. The van der Waals surface area contributed by atoms with Crippen molar-refractivity contribution in [2.45, 2.75) is 33.2 Å². The first-order valence-electron chi connectivity index (χ1n) is 6.76. The highest BCUT2D eigenvalue weighted by Crippen LogP contribution is 2.36. The number of amides is 1. The van der Waals surface area contributed by atoms with Gasteiger partial charge in [-0.1, -0.05) is 13.8 Å². The zero-order valence-corrected chi connectivity index (χ0v) is 12.9. The van der Waals surface area contributed by atoms with E-state index in [-0.39, 0.29) is 17.8 Å². The van der Waals surface area contributed by atoms with E-state index in [1.165, 1.54) is 18.4 Å². The molecule has 0 fully saturated rings. The van der Waals surface area contributed by atoms with Crippen LogP contribution in [0.5, 0.6) is 0 Å². The topological polar surface area (TPSA) is 67.4 Å². The van der Waals surface area contributed by atoms with Crippen molar-refractivity contribution in [1.29, 1.82) is 0 Å². The minimum atomic E-state index is -0.371. The lowest BCUT2D eigenvalue weighted by Crippen LogP contribution is -2.23. The molecule has 2 heterocycles. The molecule has 1 amide bonds. The lowest BCUT2D eigenvalue weighted by molar-refractivity contribution is -0.116. The first-order chi connectivity index (χ1) is 9.52. The van der Waals surface area contributed by atoms with Crippen LogP contribution < -0.4 is 10.6 Å². The summed E-state index contributed by atoms with van der Waals surface area (Å²) in [6, 6.07) is 0. The van der Waals surface area contributed by atoms with Crippen LogP contribution >= 0.6 is 11.3 Å². The molecule has 0 aromatic carbocycles. The number of fused-ring (bicyclic) bond motifs is 1. The van der Waals surface area contributed by atoms with E-state index in [4.69, 9.17) is 4.74 Å². The second-order valence-electron chi connectivity index (χ2n) is 5.27. The number of carbonyl (C=O) groups is 2. The molecule has 0 spiro atoms. The van der Waals surface area contributed by atoms with Crippen LogP contribution in [0, 0.1) is 5.92 Å². The van der Waals surface area contributed by atoms with Gasteiger partial charge in [0.25, 0.3) is 0 Å². The third-order valence-corrected chi connectivity index (χ3v) is 4.31. The van der Waals surface area contributed by atoms with Gasteiger partial charge in [-0.2, -0.15) is 0 Å². The molecule has 0 atom stereocenters. The fraction of sp³-hybridized carbons (Fsp3) is 0.571. The predicted molar refractivity (Wildman–Crippen MR) is 79.2 cm³/mol. The molecule has 2 rings (SSSR count). The number of methoxy groups -OCH3 is 1. The van der Waals surface area contributed by atoms with Gasteiger partial charge in [-0.15, -0.1) is 11.3 Å². The monoisotopic (exact) mass is 296 g/mol. The third kappa shape index (κ3) is 3.19. The van der Waals surface area contributed by atoms with Crippen LogP contribution in [0.15, 0.2) is 0 Å². The van der Waals surface area contributed by atoms with E-state index >= 15 is 0 Å². The minimum Gasteiger partial charge on any atom is -0.465 e. The Bertz CT molecular complexity index is 523. The Morgan fingerprint density at radius 1 is 1.45 bits per heavy atom. The molecule has 20 heavy (non-hydrogen) atoms. The van der Waals surface area contributed by atoms with Gasteiger partial charge in [0.05, 0.1) is 12.7 Å². The number of hydrogen-bond acceptors (Lipinski definition) is 5. The highest BCUT2D eigenvalue weighted by atomic mass is 32.1. The van der Waals surface area contributed by atoms with Crippen LogP contribution in [-0.2, 0) is 22.5 Å². The summed E-state index contributed by atoms with van der Waals surface area (Å²) in [6.45, 7) is 5.56. The standard InChI is InChI=1S/C14H20N2O3S/c1-8(2)6-11(17)16-13-12(14(18)19-3)9-4-5-15-7-10(9)20-13/h8,15H,4-7H2,1-3H3,(H,16,17). The van der Waals surface area contributed by atoms with Crippen molar-refractivity contribution in [2.24, 2.45) is 5.92 Å². The number of thiophene rings is 1. The Morgan fingerprint density at radius 2 is 2.20 bits per heavy atom. The van der Waals surface area contributed by atoms with E-state index in [0.29, 0.717) is 17.0 Å². The van der Waals surface area contributed by atoms with Crippen molar-refractivity contribution in [3.8, 4) is 0 Å². The van der Waals surface area contributed by atoms with Gasteiger partial charge in [0.15, 0.2) is 0 Å². The molecule has 1 aliphatic heterocycles. The van der Waals surface area contributed by atoms with Crippen LogP contribution in [0.25, 0.3) is 0 Å². The van der Waals surface area contributed by atoms with Crippen molar-refractivity contribution >= 4 is 28.2 Å². The fourth-order valence-corrected chi connectivity index (χ4v) is 3.51. The van der Waals surface area contributed by atoms with Crippen molar-refractivity contribution < 1.29 is 14.3 Å². The first-order valence-corrected chi connectivity index (χ1v) is 7.58. The van der Waals surface area contributed by atoms with Gasteiger partial charge in [-0.3, -0.25) is 4.79 Å². The average Bonchev–Trinajstić information content (AvgIpc) is 2.74. The van der Waals surface area contributed by atoms with E-state index < -0.39 is 0 Å². The number of ether oxygens (including phenoxy) is 1. The van der Waals surface area contributed by atoms with E-state index in [0.717, 1.165) is 30.0 Å². The van der Waals surface area contributed by atoms with Gasteiger partial charge in [-0.05, 0) is 24.4 Å². The van der Waals surface area contributed by atoms with Crippen molar-refractivity contribution in [3.05, 3.63) is 16.0 Å². The molecule has 1 aromatic rings. The van der Waals surface area contributed by atoms with Gasteiger partial charge in [0.2, 0.25) is 5.91 Å². The Morgan fingerprint density at radius 3 is 2.85 bits per heavy atom. The first kappa shape index (κ1) is 15.0. The smallest absolute Gasteiger partial charge is 0.341 e. The number of carbonyl (C=O) groups excluding carboxylic acids is 2. The maximum atomic E-state index is 12.0. The summed E-state index contributed by atoms with van der Waals surface area (Å²) < 4.78 is 4.86. The normalized spacial score (nSPS) is 14.0. The summed E-state index contributed by atoms with van der Waals surface area (Å²) in [5, 5.41) is 6.76. The Balaban J connectivity index is 2.29. The highest BCUT2D eigenvalue weighted by Gasteiger charge is 2.26. The van der Waals surface area contributed by atoms with Crippen molar-refractivity contribution in [2.75, 3.05) is 19.0 Å². The SMILES string of the molecule is COC(=O)c1c(NC(=O)CC(C)C)sc2c1CCNC2. The molecule has 0 saturated heterocycles. The lowest BCUT2D eigenvalue weighted by Gasteiger charge is -2.13. The molecule has 6 heteroatoms. The molecule has 0 bridgehead atoms. The number of esters is 1. The summed E-state index contributed by atoms with van der Waals surface area (Å²) in [5.41, 5.74) is 1.55. The molecule has 1 aromatic heterocycles. The van der Waals surface area contributed by atoms with Gasteiger partial charge >= 0.3 is 5.97 Å². The maximum Gasteiger partial charge on any atom is 0.341 e. The largest absolute Gasteiger partial charge is 0.465 e. The van der Waals surface area contributed by atoms with Gasteiger partial charge in [-0.25, -0.2) is 4.79 Å². The summed E-state index contributed by atoms with van der Waals surface area (Å²) in [6.07, 6.45) is 1.23. The molecular weight excluding hydrogens is 276 g/mol. The minimum absolute atomic E-state index is 0.0586. The van der Waals surface area contributed by atoms with Crippen LogP contribution in [0.4, 0.5) is 5.00 Å². The van der Waals surface area contributed by atoms with Crippen LogP contribution in [0.2, 0.25) is 0 Å². The Kier molecular flexibility index (Phi) is 4.77. The number of rotatable bonds is 4. The van der Waals surface area contributed by atoms with Gasteiger partial charge < -0.3 is 15.4 Å². The van der Waals surface area contributed by atoms with Gasteiger partial charge in [0, 0.05) is 17.8 Å². The molecule has 0 radical (unpaired) electrons. The van der Waals surface area contributed by atoms with Crippen molar-refractivity contribution in [1.82, 2.24) is 5.32 Å². The molecule has 0 aliphatic carbocycles. The summed E-state index contributed by atoms with van der Waals surface area (Å²) in [7, 11) is 1.37. The Hall–Kier alpha value is -1.40. The van der Waals surface area contributed by atoms with Gasteiger partial charge in [0.1, 0.15) is 5.00 Å². The van der Waals surface area contributed by atoms with Crippen LogP contribution in [0.3, 0.4) is 0 Å². The molecule has 1 aliphatic rings. The number of nitrogens with one attached hydrogen (secondary N) is 2. The predicted octanol–water partition coefficient (Wildman–Crippen LogP) is 2.17. The summed E-state index contributed by atoms with van der Waals surface area (Å²) >= 11 is 1.47. The van der Waals surface area contributed by atoms with Crippen molar-refractivity contribution in [3.63, 3.8) is 0 Å². The molecule has 0 saturated carbocycles. The Labute approximate surface area is 122 Å². The average molecular weight is 296 g/mol. The summed E-state index contributed by atoms with van der Waals surface area (Å²) in [4.78, 5) is 25.0. The lowest BCUT2D eigenvalue weighted by atomic mass is 10.0. The molecule has 110 valence electrons. The zero-order valence-electron chi connectivity index (χ0n) is 12.0. The second kappa shape index (κ2) is 6.37. The van der Waals surface area contributed by atoms with E-state index in [9.17, 15) is 9.59 Å². The van der Waals surface area contributed by atoms with Crippen LogP contribution in [0.1, 0.15) is 41.1 Å². The molecule has 5 nitrogen and oxygen atoms in total. The zero-order chi connectivity index (χ0) is 14.7. The molecular formula is C14H20N2O3S. The van der Waals surface area contributed by atoms with Crippen LogP contribution in [-0.4, -0.2) is 25.5 Å². The number of anilines is 1. The highest BCUT2D eigenvalue weighted by molar-refractivity contribution is 7.17. The molecule has 2 N–H and O–H groups in total. The third-order valence-electron chi connectivity index (χ3n) is 3.16. The maximum absolute atomic E-state index is 12.0. The van der Waals surface area contributed by atoms with E-state index in [1.54, 1.807) is 0 Å².